The molecule has 2 atom stereocenters. The third-order valence-corrected chi connectivity index (χ3v) is 5.21. The fourth-order valence-electron chi connectivity index (χ4n) is 3.74. The number of aromatic nitrogens is 4. The second-order valence-electron chi connectivity index (χ2n) is 6.70. The van der Waals surface area contributed by atoms with Crippen molar-refractivity contribution in [1.29, 1.82) is 0 Å². The molecule has 1 fully saturated rings. The molecule has 4 nitrogen and oxygen atoms in total. The van der Waals surface area contributed by atoms with E-state index in [9.17, 15) is 13.2 Å². The molecule has 27 heavy (non-hydrogen) atoms. The average molecular weight is 389 g/mol. The largest absolute Gasteiger partial charge is 0.417 e. The molecule has 0 bridgehead atoms. The Labute approximate surface area is 156 Å². The van der Waals surface area contributed by atoms with E-state index in [-0.39, 0.29) is 17.2 Å². The van der Waals surface area contributed by atoms with Crippen molar-refractivity contribution in [3.05, 3.63) is 70.8 Å². The Balaban J connectivity index is 1.60. The third-order valence-electron chi connectivity index (χ3n) is 5.02. The van der Waals surface area contributed by atoms with E-state index in [2.05, 4.69) is 15.1 Å². The lowest BCUT2D eigenvalue weighted by atomic mass is 9.99. The fraction of sp³-hybridized carbons (Fsp3) is 0.211. The summed E-state index contributed by atoms with van der Waals surface area (Å²) >= 11 is 6.09. The quantitative estimate of drug-likeness (QED) is 0.473. The SMILES string of the molecule is FC(F)(F)c1cc(C2CC2c2cc(Cl)nn3ccnc23)cc2ncccc12. The Hall–Kier alpha value is -2.67. The number of alkyl halides is 3. The van der Waals surface area contributed by atoms with Crippen molar-refractivity contribution in [2.24, 2.45) is 0 Å². The number of benzene rings is 1. The van der Waals surface area contributed by atoms with Crippen molar-refractivity contribution in [3.63, 3.8) is 0 Å². The molecular weight excluding hydrogens is 377 g/mol. The third kappa shape index (κ3) is 2.73. The van der Waals surface area contributed by atoms with Gasteiger partial charge in [-0.2, -0.15) is 18.3 Å². The molecule has 1 aliphatic carbocycles. The van der Waals surface area contributed by atoms with Gasteiger partial charge >= 0.3 is 6.18 Å². The molecule has 3 aromatic heterocycles. The summed E-state index contributed by atoms with van der Waals surface area (Å²) in [5.74, 6) is 0.0223. The number of hydrogen-bond donors (Lipinski definition) is 0. The minimum atomic E-state index is -4.43. The van der Waals surface area contributed by atoms with Gasteiger partial charge in [0.2, 0.25) is 0 Å². The average Bonchev–Trinajstić information content (AvgIpc) is 3.29. The van der Waals surface area contributed by atoms with Gasteiger partial charge in [-0.25, -0.2) is 9.50 Å². The lowest BCUT2D eigenvalue weighted by molar-refractivity contribution is -0.136. The van der Waals surface area contributed by atoms with E-state index in [1.54, 1.807) is 29.0 Å². The maximum Gasteiger partial charge on any atom is 0.417 e. The number of nitrogens with zero attached hydrogens (tertiary/aromatic N) is 4. The number of imidazole rings is 1. The second kappa shape index (κ2) is 5.66. The monoisotopic (exact) mass is 388 g/mol. The summed E-state index contributed by atoms with van der Waals surface area (Å²) in [6.07, 6.45) is 1.13. The van der Waals surface area contributed by atoms with Crippen LogP contribution < -0.4 is 0 Å². The molecule has 3 heterocycles. The Morgan fingerprint density at radius 2 is 1.93 bits per heavy atom. The van der Waals surface area contributed by atoms with E-state index >= 15 is 0 Å². The zero-order chi connectivity index (χ0) is 18.8. The molecule has 2 unspecified atom stereocenters. The van der Waals surface area contributed by atoms with Crippen LogP contribution in [0.25, 0.3) is 16.6 Å². The van der Waals surface area contributed by atoms with Gasteiger partial charge in [-0.15, -0.1) is 0 Å². The molecule has 0 spiro atoms. The lowest BCUT2D eigenvalue weighted by Gasteiger charge is -2.13. The first-order chi connectivity index (χ1) is 12.9. The molecule has 5 rings (SSSR count). The summed E-state index contributed by atoms with van der Waals surface area (Å²) in [5, 5.41) is 4.60. The molecule has 8 heteroatoms. The van der Waals surface area contributed by atoms with Crippen LogP contribution in [0.4, 0.5) is 13.2 Å². The molecule has 1 aromatic carbocycles. The van der Waals surface area contributed by atoms with E-state index < -0.39 is 11.7 Å². The number of halogens is 4. The summed E-state index contributed by atoms with van der Waals surface area (Å²) in [7, 11) is 0. The number of pyridine rings is 1. The van der Waals surface area contributed by atoms with Crippen LogP contribution in [0, 0.1) is 0 Å². The van der Waals surface area contributed by atoms with Gasteiger partial charge in [-0.1, -0.05) is 17.7 Å². The van der Waals surface area contributed by atoms with Crippen LogP contribution in [0.3, 0.4) is 0 Å². The minimum Gasteiger partial charge on any atom is -0.256 e. The molecule has 0 saturated heterocycles. The van der Waals surface area contributed by atoms with E-state index in [0.29, 0.717) is 21.9 Å². The van der Waals surface area contributed by atoms with Crippen LogP contribution in [-0.2, 0) is 6.18 Å². The number of fused-ring (bicyclic) bond motifs is 2. The van der Waals surface area contributed by atoms with Gasteiger partial charge in [0.05, 0.1) is 11.1 Å². The highest BCUT2D eigenvalue weighted by Crippen LogP contribution is 2.56. The van der Waals surface area contributed by atoms with E-state index in [1.807, 2.05) is 0 Å². The maximum atomic E-state index is 13.6. The van der Waals surface area contributed by atoms with Crippen molar-refractivity contribution in [2.75, 3.05) is 0 Å². The summed E-state index contributed by atoms with van der Waals surface area (Å²) in [6, 6.07) is 7.72. The van der Waals surface area contributed by atoms with Gasteiger partial charge in [-0.3, -0.25) is 4.98 Å². The van der Waals surface area contributed by atoms with Gasteiger partial charge in [0.15, 0.2) is 5.65 Å². The van der Waals surface area contributed by atoms with E-state index in [1.165, 1.54) is 24.4 Å². The smallest absolute Gasteiger partial charge is 0.256 e. The van der Waals surface area contributed by atoms with Crippen LogP contribution in [-0.4, -0.2) is 19.6 Å². The van der Waals surface area contributed by atoms with Gasteiger partial charge < -0.3 is 0 Å². The minimum absolute atomic E-state index is 0.0310. The first-order valence-electron chi connectivity index (χ1n) is 8.37. The molecule has 1 saturated carbocycles. The first-order valence-corrected chi connectivity index (χ1v) is 8.75. The Morgan fingerprint density at radius 1 is 1.07 bits per heavy atom. The Kier molecular flexibility index (Phi) is 3.46. The number of rotatable bonds is 2. The summed E-state index contributed by atoms with van der Waals surface area (Å²) < 4.78 is 42.3. The predicted octanol–water partition coefficient (Wildman–Crippen LogP) is 5.22. The van der Waals surface area contributed by atoms with Crippen molar-refractivity contribution in [2.45, 2.75) is 24.4 Å². The molecule has 0 aliphatic heterocycles. The van der Waals surface area contributed by atoms with Crippen LogP contribution in [0.1, 0.15) is 34.9 Å². The van der Waals surface area contributed by atoms with E-state index in [4.69, 9.17) is 11.6 Å². The maximum absolute atomic E-state index is 13.6. The highest BCUT2D eigenvalue weighted by atomic mass is 35.5. The topological polar surface area (TPSA) is 43.1 Å². The molecule has 0 radical (unpaired) electrons. The zero-order valence-electron chi connectivity index (χ0n) is 13.8. The van der Waals surface area contributed by atoms with Crippen molar-refractivity contribution in [3.8, 4) is 0 Å². The van der Waals surface area contributed by atoms with Gasteiger partial charge in [0, 0.05) is 29.5 Å². The highest BCUT2D eigenvalue weighted by molar-refractivity contribution is 6.29. The zero-order valence-corrected chi connectivity index (χ0v) is 14.5. The Morgan fingerprint density at radius 3 is 2.74 bits per heavy atom. The van der Waals surface area contributed by atoms with Crippen molar-refractivity contribution in [1.82, 2.24) is 19.6 Å². The predicted molar refractivity (Wildman–Crippen MR) is 94.8 cm³/mol. The van der Waals surface area contributed by atoms with Crippen LogP contribution in [0.5, 0.6) is 0 Å². The van der Waals surface area contributed by atoms with Gasteiger partial charge in [0.1, 0.15) is 5.15 Å². The normalized spacial score (nSPS) is 19.7. The van der Waals surface area contributed by atoms with E-state index in [0.717, 1.165) is 12.0 Å². The standard InChI is InChI=1S/C19H12ClF3N4/c20-17-9-14(18-25-4-5-27(18)26-17)13-8-12(13)10-6-15(19(21,22)23)11-2-1-3-24-16(11)7-10/h1-7,9,12-13H,8H2. The van der Waals surface area contributed by atoms with Crippen LogP contribution in [0.2, 0.25) is 5.15 Å². The summed E-state index contributed by atoms with van der Waals surface area (Å²) in [6.45, 7) is 0. The highest BCUT2D eigenvalue weighted by Gasteiger charge is 2.43. The molecule has 1 aliphatic rings. The van der Waals surface area contributed by atoms with Crippen LogP contribution in [0.15, 0.2) is 48.9 Å². The Bertz CT molecular complexity index is 1180. The van der Waals surface area contributed by atoms with Crippen molar-refractivity contribution < 1.29 is 13.2 Å². The summed E-state index contributed by atoms with van der Waals surface area (Å²) in [4.78, 5) is 8.44. The molecular formula is C19H12ClF3N4. The van der Waals surface area contributed by atoms with Crippen LogP contribution >= 0.6 is 11.6 Å². The molecule has 0 amide bonds. The number of hydrogen-bond acceptors (Lipinski definition) is 3. The van der Waals surface area contributed by atoms with Gasteiger partial charge in [0.25, 0.3) is 0 Å². The second-order valence-corrected chi connectivity index (χ2v) is 7.09. The van der Waals surface area contributed by atoms with Crippen molar-refractivity contribution >= 4 is 28.2 Å². The molecule has 0 N–H and O–H groups in total. The summed E-state index contributed by atoms with van der Waals surface area (Å²) in [5.41, 5.74) is 1.93. The molecule has 136 valence electrons. The van der Waals surface area contributed by atoms with Gasteiger partial charge in [-0.05, 0) is 48.1 Å². The lowest BCUT2D eigenvalue weighted by Crippen LogP contribution is -2.07. The molecule has 4 aromatic rings. The fourth-order valence-corrected chi connectivity index (χ4v) is 3.94. The first kappa shape index (κ1) is 16.5.